The summed E-state index contributed by atoms with van der Waals surface area (Å²) in [7, 11) is 0. The molecular weight excluding hydrogens is 434 g/mol. The second-order valence-electron chi connectivity index (χ2n) is 8.44. The Hall–Kier alpha value is -4.34. The van der Waals surface area contributed by atoms with Crippen molar-refractivity contribution in [3.05, 3.63) is 62.9 Å². The maximum absolute atomic E-state index is 13.0. The zero-order valence-corrected chi connectivity index (χ0v) is 18.5. The van der Waals surface area contributed by atoms with E-state index in [0.29, 0.717) is 59.4 Å². The number of benzene rings is 1. The number of nitrogens with two attached hydrogens (primary N) is 1. The number of aromatic amines is 1. The first kappa shape index (κ1) is 21.5. The van der Waals surface area contributed by atoms with Crippen LogP contribution in [-0.2, 0) is 4.79 Å². The van der Waals surface area contributed by atoms with Crippen molar-refractivity contribution in [2.75, 3.05) is 18.8 Å². The molecule has 4 aromatic rings. The molecule has 34 heavy (non-hydrogen) atoms. The molecule has 0 bridgehead atoms. The topological polar surface area (TPSA) is 151 Å². The van der Waals surface area contributed by atoms with E-state index in [1.165, 1.54) is 19.3 Å². The number of piperidine rings is 1. The van der Waals surface area contributed by atoms with Crippen molar-refractivity contribution in [1.29, 1.82) is 5.41 Å². The number of likely N-dealkylation sites (tertiary alicyclic amines) is 1. The molecule has 172 valence electrons. The first-order valence-electron chi connectivity index (χ1n) is 11.0. The van der Waals surface area contributed by atoms with Gasteiger partial charge in [0.2, 0.25) is 5.91 Å². The van der Waals surface area contributed by atoms with Gasteiger partial charge >= 0.3 is 5.69 Å². The standard InChI is InChI=1S/C24H23N7O3/c1-13(32)30-8-6-16(7-9-30)31-22-17(23(33)29-24(31)34)12-27-20-5-4-19(28-21(20)22)14-2-3-18(26)15(10-14)11-25/h2-5,10-12,16,25H,6-9,26H2,1H3,(H,29,33,34). The Morgan fingerprint density at radius 2 is 1.97 bits per heavy atom. The number of aromatic nitrogens is 4. The molecule has 0 spiro atoms. The van der Waals surface area contributed by atoms with Gasteiger partial charge in [0.05, 0.1) is 22.1 Å². The SMILES string of the molecule is CC(=O)N1CCC(n2c(=O)[nH]c(=O)c3cnc4ccc(-c5ccc(N)c(C=N)c5)nc4c32)CC1. The van der Waals surface area contributed by atoms with Gasteiger partial charge in [0.15, 0.2) is 0 Å². The van der Waals surface area contributed by atoms with Crippen LogP contribution in [0.5, 0.6) is 0 Å². The number of nitrogen functional groups attached to an aromatic ring is 1. The molecule has 10 nitrogen and oxygen atoms in total. The third-order valence-electron chi connectivity index (χ3n) is 6.42. The highest BCUT2D eigenvalue weighted by Crippen LogP contribution is 2.29. The molecule has 0 unspecified atom stereocenters. The second kappa shape index (κ2) is 8.22. The molecule has 1 saturated heterocycles. The Labute approximate surface area is 193 Å². The maximum atomic E-state index is 13.0. The minimum Gasteiger partial charge on any atom is -0.398 e. The van der Waals surface area contributed by atoms with Crippen molar-refractivity contribution in [3.8, 4) is 11.3 Å². The summed E-state index contributed by atoms with van der Waals surface area (Å²) in [5.74, 6) is 0.00544. The highest BCUT2D eigenvalue weighted by Gasteiger charge is 2.26. The third-order valence-corrected chi connectivity index (χ3v) is 6.42. The van der Waals surface area contributed by atoms with Crippen LogP contribution in [0, 0.1) is 5.41 Å². The summed E-state index contributed by atoms with van der Waals surface area (Å²) in [5, 5.41) is 7.86. The number of anilines is 1. The summed E-state index contributed by atoms with van der Waals surface area (Å²) in [4.78, 5) is 50.8. The van der Waals surface area contributed by atoms with Gasteiger partial charge in [0.1, 0.15) is 5.52 Å². The van der Waals surface area contributed by atoms with Gasteiger partial charge in [-0.25, -0.2) is 9.78 Å². The summed E-state index contributed by atoms with van der Waals surface area (Å²) in [5.41, 5.74) is 8.76. The molecule has 0 radical (unpaired) electrons. The maximum Gasteiger partial charge on any atom is 0.329 e. The van der Waals surface area contributed by atoms with Crippen molar-refractivity contribution in [1.82, 2.24) is 24.4 Å². The van der Waals surface area contributed by atoms with E-state index in [0.717, 1.165) is 5.56 Å². The molecule has 10 heteroatoms. The molecule has 1 aromatic carbocycles. The minimum atomic E-state index is -0.516. The fourth-order valence-electron chi connectivity index (χ4n) is 4.60. The zero-order valence-electron chi connectivity index (χ0n) is 18.5. The molecule has 1 fully saturated rings. The molecule has 4 N–H and O–H groups in total. The Balaban J connectivity index is 1.74. The van der Waals surface area contributed by atoms with Gasteiger partial charge < -0.3 is 16.0 Å². The molecule has 3 aromatic heterocycles. The summed E-state index contributed by atoms with van der Waals surface area (Å²) < 4.78 is 1.60. The molecule has 1 aliphatic heterocycles. The number of fused-ring (bicyclic) bond motifs is 3. The van der Waals surface area contributed by atoms with Gasteiger partial charge in [0.25, 0.3) is 5.56 Å². The van der Waals surface area contributed by atoms with Crippen molar-refractivity contribution in [3.63, 3.8) is 0 Å². The minimum absolute atomic E-state index is 0.00544. The number of carbonyl (C=O) groups excluding carboxylic acids is 1. The number of nitrogens with one attached hydrogen (secondary N) is 2. The highest BCUT2D eigenvalue weighted by molar-refractivity contribution is 6.01. The first-order chi connectivity index (χ1) is 16.4. The van der Waals surface area contributed by atoms with Crippen LogP contribution < -0.4 is 17.0 Å². The van der Waals surface area contributed by atoms with Crippen molar-refractivity contribution >= 4 is 39.7 Å². The average Bonchev–Trinajstić information content (AvgIpc) is 2.84. The Kier molecular flexibility index (Phi) is 5.20. The number of pyridine rings is 2. The lowest BCUT2D eigenvalue weighted by atomic mass is 10.0. The van der Waals surface area contributed by atoms with E-state index in [2.05, 4.69) is 9.97 Å². The summed E-state index contributed by atoms with van der Waals surface area (Å²) in [6, 6.07) is 8.71. The molecule has 0 aliphatic carbocycles. The van der Waals surface area contributed by atoms with Crippen LogP contribution >= 0.6 is 0 Å². The van der Waals surface area contributed by atoms with Gasteiger partial charge in [-0.05, 0) is 37.1 Å². The molecule has 1 aliphatic rings. The highest BCUT2D eigenvalue weighted by atomic mass is 16.2. The second-order valence-corrected chi connectivity index (χ2v) is 8.44. The van der Waals surface area contributed by atoms with Crippen molar-refractivity contribution in [2.45, 2.75) is 25.8 Å². The van der Waals surface area contributed by atoms with Crippen LogP contribution in [0.2, 0.25) is 0 Å². The lowest BCUT2D eigenvalue weighted by Gasteiger charge is -2.32. The van der Waals surface area contributed by atoms with E-state index in [4.69, 9.17) is 16.1 Å². The van der Waals surface area contributed by atoms with E-state index >= 15 is 0 Å². The Bertz CT molecular complexity index is 1580. The summed E-state index contributed by atoms with van der Waals surface area (Å²) in [6.45, 7) is 2.60. The van der Waals surface area contributed by atoms with E-state index in [-0.39, 0.29) is 17.3 Å². The average molecular weight is 457 g/mol. The number of carbonyl (C=O) groups is 1. The predicted octanol–water partition coefficient (Wildman–Crippen LogP) is 2.06. The molecule has 4 heterocycles. The number of amides is 1. The molecular formula is C24H23N7O3. The molecule has 5 rings (SSSR count). The molecule has 0 saturated carbocycles. The van der Waals surface area contributed by atoms with Crippen LogP contribution in [-0.4, -0.2) is 49.6 Å². The van der Waals surface area contributed by atoms with Crippen LogP contribution in [0.1, 0.15) is 31.4 Å². The van der Waals surface area contributed by atoms with Crippen molar-refractivity contribution < 1.29 is 4.79 Å². The van der Waals surface area contributed by atoms with Gasteiger partial charge in [-0.1, -0.05) is 6.07 Å². The third kappa shape index (κ3) is 3.53. The van der Waals surface area contributed by atoms with E-state index in [1.807, 2.05) is 6.07 Å². The fraction of sp³-hybridized carbons (Fsp3) is 0.250. The van der Waals surface area contributed by atoms with E-state index in [1.54, 1.807) is 33.7 Å². The Morgan fingerprint density at radius 3 is 2.68 bits per heavy atom. The fourth-order valence-corrected chi connectivity index (χ4v) is 4.60. The lowest BCUT2D eigenvalue weighted by Crippen LogP contribution is -2.41. The quantitative estimate of drug-likeness (QED) is 0.243. The van der Waals surface area contributed by atoms with Gasteiger partial charge in [-0.3, -0.25) is 24.1 Å². The van der Waals surface area contributed by atoms with Gasteiger partial charge in [-0.2, -0.15) is 0 Å². The van der Waals surface area contributed by atoms with Crippen molar-refractivity contribution in [2.24, 2.45) is 0 Å². The van der Waals surface area contributed by atoms with E-state index in [9.17, 15) is 14.4 Å². The Morgan fingerprint density at radius 1 is 1.21 bits per heavy atom. The van der Waals surface area contributed by atoms with E-state index < -0.39 is 11.2 Å². The molecule has 1 amide bonds. The van der Waals surface area contributed by atoms with Crippen LogP contribution in [0.4, 0.5) is 5.69 Å². The smallest absolute Gasteiger partial charge is 0.329 e. The predicted molar refractivity (Wildman–Crippen MR) is 130 cm³/mol. The summed E-state index contributed by atoms with van der Waals surface area (Å²) in [6.07, 6.45) is 3.83. The monoisotopic (exact) mass is 457 g/mol. The number of nitrogens with zero attached hydrogens (tertiary/aromatic N) is 4. The number of hydrogen-bond acceptors (Lipinski definition) is 7. The van der Waals surface area contributed by atoms with Crippen LogP contribution in [0.15, 0.2) is 46.1 Å². The van der Waals surface area contributed by atoms with Gasteiger partial charge in [-0.15, -0.1) is 0 Å². The number of rotatable bonds is 3. The first-order valence-corrected chi connectivity index (χ1v) is 11.0. The number of H-pyrrole nitrogens is 1. The van der Waals surface area contributed by atoms with Gasteiger partial charge in [0, 0.05) is 55.3 Å². The summed E-state index contributed by atoms with van der Waals surface area (Å²) >= 11 is 0. The lowest BCUT2D eigenvalue weighted by molar-refractivity contribution is -0.130. The number of hydrogen-bond donors (Lipinski definition) is 3. The normalized spacial score (nSPS) is 14.6. The van der Waals surface area contributed by atoms with Crippen LogP contribution in [0.3, 0.4) is 0 Å². The molecule has 0 atom stereocenters. The van der Waals surface area contributed by atoms with Crippen LogP contribution in [0.25, 0.3) is 33.2 Å². The largest absolute Gasteiger partial charge is 0.398 e. The zero-order chi connectivity index (χ0) is 24.0.